The molecule has 2 aliphatic heterocycles. The predicted octanol–water partition coefficient (Wildman–Crippen LogP) is 4.75. The molecule has 1 fully saturated rings. The number of ether oxygens (including phenoxy) is 4. The highest BCUT2D eigenvalue weighted by Gasteiger charge is 2.46. The number of aliphatic hydroxyl groups is 1. The van der Waals surface area contributed by atoms with Gasteiger partial charge in [0.25, 0.3) is 11.7 Å². The maximum atomic E-state index is 13.5. The molecule has 3 heterocycles. The Hall–Kier alpha value is -5.25. The molecule has 10 heteroatoms. The lowest BCUT2D eigenvalue weighted by molar-refractivity contribution is -0.139. The molecule has 6 rings (SSSR count). The lowest BCUT2D eigenvalue weighted by Gasteiger charge is -2.26. The summed E-state index contributed by atoms with van der Waals surface area (Å²) in [6.07, 6.45) is 5.80. The number of aromatic nitrogens is 2. The van der Waals surface area contributed by atoms with Crippen molar-refractivity contribution in [2.24, 2.45) is 0 Å². The fourth-order valence-corrected chi connectivity index (χ4v) is 5.35. The van der Waals surface area contributed by atoms with Gasteiger partial charge >= 0.3 is 0 Å². The Kier molecular flexibility index (Phi) is 7.99. The van der Waals surface area contributed by atoms with Crippen LogP contribution in [0.15, 0.2) is 91.0 Å². The van der Waals surface area contributed by atoms with Gasteiger partial charge in [0.2, 0.25) is 0 Å². The first-order chi connectivity index (χ1) is 21.0. The van der Waals surface area contributed by atoms with Gasteiger partial charge in [0, 0.05) is 31.0 Å². The van der Waals surface area contributed by atoms with Crippen molar-refractivity contribution in [1.29, 1.82) is 0 Å². The smallest absolute Gasteiger partial charge is 0.295 e. The Balaban J connectivity index is 1.36. The maximum Gasteiger partial charge on any atom is 0.295 e. The Morgan fingerprint density at radius 3 is 2.56 bits per heavy atom. The fraction of sp³-hybridized carbons (Fsp3) is 0.242. The molecule has 1 amide bonds. The van der Waals surface area contributed by atoms with Gasteiger partial charge in [-0.25, -0.2) is 4.98 Å². The number of likely N-dealkylation sites (tertiary alicyclic amines) is 1. The SMILES string of the molecule is COc1cc([C@H]2/C(=C(\O)c3ccc4c(c3)OCCO4)C(=O)C(=O)N2CCCn2ccnc2)ccc1OCc1ccccc1. The van der Waals surface area contributed by atoms with Crippen molar-refractivity contribution < 1.29 is 33.6 Å². The number of aryl methyl sites for hydroxylation is 1. The molecule has 4 aromatic rings. The molecule has 1 saturated heterocycles. The average Bonchev–Trinajstić information content (AvgIpc) is 3.66. The molecule has 1 atom stereocenters. The number of amides is 1. The fourth-order valence-electron chi connectivity index (χ4n) is 5.35. The second kappa shape index (κ2) is 12.3. The molecule has 0 bridgehead atoms. The zero-order valence-corrected chi connectivity index (χ0v) is 23.6. The molecular formula is C33H31N3O7. The Labute approximate surface area is 248 Å². The largest absolute Gasteiger partial charge is 0.507 e. The quantitative estimate of drug-likeness (QED) is 0.162. The molecule has 1 N–H and O–H groups in total. The number of carbonyl (C=O) groups excluding carboxylic acids is 2. The highest BCUT2D eigenvalue weighted by Crippen LogP contribution is 2.43. The second-order valence-corrected chi connectivity index (χ2v) is 10.2. The molecule has 3 aromatic carbocycles. The van der Waals surface area contributed by atoms with E-state index in [2.05, 4.69) is 4.98 Å². The van der Waals surface area contributed by atoms with E-state index in [-0.39, 0.29) is 17.9 Å². The molecule has 10 nitrogen and oxygen atoms in total. The van der Waals surface area contributed by atoms with Gasteiger partial charge in [0.05, 0.1) is 25.1 Å². The first kappa shape index (κ1) is 27.9. The molecule has 2 aliphatic rings. The Morgan fingerprint density at radius 1 is 0.977 bits per heavy atom. The third-order valence-electron chi connectivity index (χ3n) is 7.47. The summed E-state index contributed by atoms with van der Waals surface area (Å²) in [6.45, 7) is 2.02. The first-order valence-electron chi connectivity index (χ1n) is 14.0. The zero-order chi connectivity index (χ0) is 29.8. The van der Waals surface area contributed by atoms with Gasteiger partial charge in [-0.2, -0.15) is 0 Å². The number of hydrogen-bond donors (Lipinski definition) is 1. The van der Waals surface area contributed by atoms with Crippen molar-refractivity contribution in [3.8, 4) is 23.0 Å². The summed E-state index contributed by atoms with van der Waals surface area (Å²) in [7, 11) is 1.53. The van der Waals surface area contributed by atoms with E-state index < -0.39 is 17.7 Å². The van der Waals surface area contributed by atoms with Crippen LogP contribution in [0.4, 0.5) is 0 Å². The molecule has 1 aromatic heterocycles. The van der Waals surface area contributed by atoms with E-state index in [1.807, 2.05) is 41.1 Å². The third-order valence-corrected chi connectivity index (χ3v) is 7.47. The van der Waals surface area contributed by atoms with Gasteiger partial charge < -0.3 is 33.5 Å². The van der Waals surface area contributed by atoms with E-state index in [1.165, 1.54) is 12.0 Å². The van der Waals surface area contributed by atoms with Crippen LogP contribution in [0.5, 0.6) is 23.0 Å². The van der Waals surface area contributed by atoms with E-state index >= 15 is 0 Å². The van der Waals surface area contributed by atoms with Crippen LogP contribution in [-0.4, -0.2) is 58.1 Å². The number of aliphatic hydroxyl groups excluding tert-OH is 1. The van der Waals surface area contributed by atoms with Crippen LogP contribution in [0, 0.1) is 0 Å². The van der Waals surface area contributed by atoms with Gasteiger partial charge in [-0.15, -0.1) is 0 Å². The number of imidazole rings is 1. The lowest BCUT2D eigenvalue weighted by Crippen LogP contribution is -2.31. The molecule has 0 aliphatic carbocycles. The van der Waals surface area contributed by atoms with Gasteiger partial charge in [-0.05, 0) is 47.9 Å². The minimum absolute atomic E-state index is 0.00989. The topological polar surface area (TPSA) is 112 Å². The highest BCUT2D eigenvalue weighted by atomic mass is 16.6. The molecule has 0 unspecified atom stereocenters. The number of benzene rings is 3. The van der Waals surface area contributed by atoms with E-state index in [9.17, 15) is 14.7 Å². The van der Waals surface area contributed by atoms with Crippen LogP contribution < -0.4 is 18.9 Å². The van der Waals surface area contributed by atoms with Crippen LogP contribution in [0.2, 0.25) is 0 Å². The molecule has 0 saturated carbocycles. The number of nitrogens with zero attached hydrogens (tertiary/aromatic N) is 3. The number of hydrogen-bond acceptors (Lipinski definition) is 8. The second-order valence-electron chi connectivity index (χ2n) is 10.2. The number of fused-ring (bicyclic) bond motifs is 1. The molecule has 0 spiro atoms. The zero-order valence-electron chi connectivity index (χ0n) is 23.6. The van der Waals surface area contributed by atoms with E-state index in [0.717, 1.165) is 5.56 Å². The highest BCUT2D eigenvalue weighted by molar-refractivity contribution is 6.46. The first-order valence-corrected chi connectivity index (χ1v) is 14.0. The summed E-state index contributed by atoms with van der Waals surface area (Å²) in [5.41, 5.74) is 1.94. The molecule has 43 heavy (non-hydrogen) atoms. The van der Waals surface area contributed by atoms with Gasteiger partial charge in [0.15, 0.2) is 23.0 Å². The lowest BCUT2D eigenvalue weighted by atomic mass is 9.94. The maximum absolute atomic E-state index is 13.5. The van der Waals surface area contributed by atoms with Crippen molar-refractivity contribution in [2.75, 3.05) is 26.9 Å². The van der Waals surface area contributed by atoms with Gasteiger partial charge in [0.1, 0.15) is 25.6 Å². The monoisotopic (exact) mass is 581 g/mol. The minimum atomic E-state index is -0.854. The minimum Gasteiger partial charge on any atom is -0.507 e. The third kappa shape index (κ3) is 5.76. The van der Waals surface area contributed by atoms with Crippen molar-refractivity contribution in [2.45, 2.75) is 25.6 Å². The number of ketones is 1. The number of methoxy groups -OCH3 is 1. The van der Waals surface area contributed by atoms with Crippen molar-refractivity contribution in [3.05, 3.63) is 108 Å². The predicted molar refractivity (Wildman–Crippen MR) is 157 cm³/mol. The standard InChI is InChI=1S/C33H31N3O7/c1-40-27-18-23(8-10-25(27)43-20-22-6-3-2-4-7-22)30-29(31(37)24-9-11-26-28(19-24)42-17-16-41-26)32(38)33(39)36(30)14-5-13-35-15-12-34-21-35/h2-4,6-12,15,18-19,21,30,37H,5,13-14,16-17,20H2,1H3/b31-29+/t30-/m0/s1. The number of carbonyl (C=O) groups is 2. The van der Waals surface area contributed by atoms with Crippen molar-refractivity contribution >= 4 is 17.4 Å². The van der Waals surface area contributed by atoms with Crippen LogP contribution in [0.1, 0.15) is 29.2 Å². The summed E-state index contributed by atoms with van der Waals surface area (Å²) >= 11 is 0. The molecule has 220 valence electrons. The summed E-state index contributed by atoms with van der Waals surface area (Å²) in [4.78, 5) is 32.6. The van der Waals surface area contributed by atoms with Crippen LogP contribution in [-0.2, 0) is 22.7 Å². The molecule has 0 radical (unpaired) electrons. The Bertz CT molecular complexity index is 1650. The average molecular weight is 582 g/mol. The van der Waals surface area contributed by atoms with Crippen molar-refractivity contribution in [3.63, 3.8) is 0 Å². The van der Waals surface area contributed by atoms with Gasteiger partial charge in [-0.3, -0.25) is 9.59 Å². The van der Waals surface area contributed by atoms with Crippen LogP contribution >= 0.6 is 0 Å². The normalized spacial score (nSPS) is 17.2. The summed E-state index contributed by atoms with van der Waals surface area (Å²) in [6, 6.07) is 19.1. The molecular weight excluding hydrogens is 550 g/mol. The van der Waals surface area contributed by atoms with Crippen LogP contribution in [0.3, 0.4) is 0 Å². The number of Topliss-reactive ketones (excluding diaryl/α,β-unsaturated/α-hetero) is 1. The van der Waals surface area contributed by atoms with Crippen molar-refractivity contribution in [1.82, 2.24) is 14.5 Å². The Morgan fingerprint density at radius 2 is 1.79 bits per heavy atom. The number of rotatable bonds is 10. The van der Waals surface area contributed by atoms with E-state index in [4.69, 9.17) is 18.9 Å². The van der Waals surface area contributed by atoms with Gasteiger partial charge in [-0.1, -0.05) is 36.4 Å². The van der Waals surface area contributed by atoms with E-state index in [0.29, 0.717) is 66.9 Å². The van der Waals surface area contributed by atoms with E-state index in [1.54, 1.807) is 48.9 Å². The van der Waals surface area contributed by atoms with Crippen LogP contribution in [0.25, 0.3) is 5.76 Å². The summed E-state index contributed by atoms with van der Waals surface area (Å²) < 4.78 is 24.9. The summed E-state index contributed by atoms with van der Waals surface area (Å²) in [5.74, 6) is 0.233. The summed E-state index contributed by atoms with van der Waals surface area (Å²) in [5, 5.41) is 11.5.